The molecule has 1 aromatic heterocycles. The van der Waals surface area contributed by atoms with E-state index in [4.69, 9.17) is 17.3 Å². The van der Waals surface area contributed by atoms with Crippen molar-refractivity contribution in [3.8, 4) is 0 Å². The maximum absolute atomic E-state index is 6.16. The van der Waals surface area contributed by atoms with Crippen LogP contribution in [0, 0.1) is 0 Å². The summed E-state index contributed by atoms with van der Waals surface area (Å²) >= 11 is 6.16. The molecule has 2 rings (SSSR count). The fraction of sp³-hybridized carbons (Fsp3) is 0.417. The molecule has 0 saturated carbocycles. The van der Waals surface area contributed by atoms with Gasteiger partial charge in [0, 0.05) is 10.9 Å². The van der Waals surface area contributed by atoms with E-state index in [1.807, 2.05) is 12.1 Å². The van der Waals surface area contributed by atoms with Crippen LogP contribution in [0.25, 0.3) is 11.0 Å². The molecule has 0 saturated heterocycles. The van der Waals surface area contributed by atoms with Crippen molar-refractivity contribution in [2.24, 2.45) is 5.73 Å². The zero-order valence-corrected chi connectivity index (χ0v) is 10.3. The number of nitrogens with two attached hydrogens (primary N) is 1. The second kappa shape index (κ2) is 4.44. The van der Waals surface area contributed by atoms with Gasteiger partial charge in [0.25, 0.3) is 0 Å². The van der Waals surface area contributed by atoms with Crippen LogP contribution in [0.1, 0.15) is 31.2 Å². The number of halogens is 1. The lowest BCUT2D eigenvalue weighted by Crippen LogP contribution is -2.03. The van der Waals surface area contributed by atoms with Gasteiger partial charge >= 0.3 is 0 Å². The quantitative estimate of drug-likeness (QED) is 0.863. The van der Waals surface area contributed by atoms with E-state index in [2.05, 4.69) is 23.8 Å². The Morgan fingerprint density at radius 1 is 1.44 bits per heavy atom. The van der Waals surface area contributed by atoms with Gasteiger partial charge in [0.1, 0.15) is 5.82 Å². The molecule has 0 spiro atoms. The first kappa shape index (κ1) is 11.4. The highest BCUT2D eigenvalue weighted by atomic mass is 35.5. The van der Waals surface area contributed by atoms with E-state index in [0.717, 1.165) is 33.9 Å². The molecule has 0 atom stereocenters. The zero-order chi connectivity index (χ0) is 11.7. The van der Waals surface area contributed by atoms with Crippen molar-refractivity contribution in [2.75, 3.05) is 6.54 Å². The van der Waals surface area contributed by atoms with E-state index in [1.165, 1.54) is 0 Å². The number of nitrogens with zero attached hydrogens (tertiary/aromatic N) is 1. The van der Waals surface area contributed by atoms with Crippen molar-refractivity contribution in [3.05, 3.63) is 28.5 Å². The van der Waals surface area contributed by atoms with Crippen LogP contribution in [-0.4, -0.2) is 16.5 Å². The van der Waals surface area contributed by atoms with Crippen LogP contribution in [0.3, 0.4) is 0 Å². The summed E-state index contributed by atoms with van der Waals surface area (Å²) in [4.78, 5) is 7.81. The average molecular weight is 238 g/mol. The van der Waals surface area contributed by atoms with Crippen molar-refractivity contribution in [3.63, 3.8) is 0 Å². The van der Waals surface area contributed by atoms with E-state index < -0.39 is 0 Å². The molecule has 0 aliphatic heterocycles. The average Bonchev–Trinajstić information content (AvgIpc) is 2.61. The van der Waals surface area contributed by atoms with Gasteiger partial charge in [-0.15, -0.1) is 0 Å². The summed E-state index contributed by atoms with van der Waals surface area (Å²) in [6.07, 6.45) is 0.796. The third-order valence-electron chi connectivity index (χ3n) is 2.63. The molecule has 3 nitrogen and oxygen atoms in total. The summed E-state index contributed by atoms with van der Waals surface area (Å²) < 4.78 is 0. The monoisotopic (exact) mass is 237 g/mol. The van der Waals surface area contributed by atoms with E-state index in [-0.39, 0.29) is 0 Å². The lowest BCUT2D eigenvalue weighted by atomic mass is 10.1. The van der Waals surface area contributed by atoms with Crippen molar-refractivity contribution >= 4 is 22.6 Å². The molecular weight excluding hydrogens is 222 g/mol. The van der Waals surface area contributed by atoms with Gasteiger partial charge in [0.2, 0.25) is 0 Å². The molecule has 4 heteroatoms. The third kappa shape index (κ3) is 2.06. The lowest BCUT2D eigenvalue weighted by Gasteiger charge is -2.01. The fourth-order valence-corrected chi connectivity index (χ4v) is 1.97. The van der Waals surface area contributed by atoms with E-state index in [9.17, 15) is 0 Å². The molecule has 86 valence electrons. The van der Waals surface area contributed by atoms with Crippen LogP contribution in [0.4, 0.5) is 0 Å². The minimum absolute atomic E-state index is 0.393. The SMILES string of the molecule is CC(C)c1nc2cc(Cl)c(CCN)cc2[nH]1. The van der Waals surface area contributed by atoms with Crippen LogP contribution in [0.15, 0.2) is 12.1 Å². The Balaban J connectivity index is 2.52. The minimum Gasteiger partial charge on any atom is -0.342 e. The van der Waals surface area contributed by atoms with E-state index >= 15 is 0 Å². The Labute approximate surface area is 100 Å². The second-order valence-electron chi connectivity index (χ2n) is 4.28. The standard InChI is InChI=1S/C12H16ClN3/c1-7(2)12-15-10-5-8(3-4-14)9(13)6-11(10)16-12/h5-7H,3-4,14H2,1-2H3,(H,15,16). The summed E-state index contributed by atoms with van der Waals surface area (Å²) in [5.74, 6) is 1.39. The first-order valence-electron chi connectivity index (χ1n) is 5.50. The molecule has 2 aromatic rings. The number of hydrogen-bond donors (Lipinski definition) is 2. The number of benzene rings is 1. The molecule has 16 heavy (non-hydrogen) atoms. The molecule has 1 aromatic carbocycles. The number of rotatable bonds is 3. The second-order valence-corrected chi connectivity index (χ2v) is 4.68. The van der Waals surface area contributed by atoms with Gasteiger partial charge in [-0.2, -0.15) is 0 Å². The van der Waals surface area contributed by atoms with Crippen LogP contribution in [0.5, 0.6) is 0 Å². The number of fused-ring (bicyclic) bond motifs is 1. The molecule has 0 unspecified atom stereocenters. The van der Waals surface area contributed by atoms with E-state index in [0.29, 0.717) is 12.5 Å². The number of nitrogens with one attached hydrogen (secondary N) is 1. The Kier molecular flexibility index (Phi) is 3.17. The predicted molar refractivity (Wildman–Crippen MR) is 68.0 cm³/mol. The molecule has 0 fully saturated rings. The van der Waals surface area contributed by atoms with Crippen molar-refractivity contribution in [1.29, 1.82) is 0 Å². The highest BCUT2D eigenvalue weighted by Gasteiger charge is 2.09. The van der Waals surface area contributed by atoms with Gasteiger partial charge in [-0.3, -0.25) is 0 Å². The van der Waals surface area contributed by atoms with Gasteiger partial charge < -0.3 is 10.7 Å². The molecule has 0 radical (unpaired) electrons. The summed E-state index contributed by atoms with van der Waals surface area (Å²) in [6, 6.07) is 3.95. The smallest absolute Gasteiger partial charge is 0.109 e. The number of hydrogen-bond acceptors (Lipinski definition) is 2. The van der Waals surface area contributed by atoms with Crippen LogP contribution >= 0.6 is 11.6 Å². The molecule has 0 bridgehead atoms. The normalized spacial score (nSPS) is 11.6. The number of H-pyrrole nitrogens is 1. The van der Waals surface area contributed by atoms with E-state index in [1.54, 1.807) is 0 Å². The van der Waals surface area contributed by atoms with Crippen molar-refractivity contribution in [1.82, 2.24) is 9.97 Å². The zero-order valence-electron chi connectivity index (χ0n) is 9.55. The number of aromatic amines is 1. The first-order valence-corrected chi connectivity index (χ1v) is 5.87. The summed E-state index contributed by atoms with van der Waals surface area (Å²) in [5.41, 5.74) is 8.59. The molecule has 0 aliphatic carbocycles. The van der Waals surface area contributed by atoms with Crippen LogP contribution < -0.4 is 5.73 Å². The van der Waals surface area contributed by atoms with Crippen LogP contribution in [0.2, 0.25) is 5.02 Å². The van der Waals surface area contributed by atoms with Gasteiger partial charge in [-0.1, -0.05) is 25.4 Å². The Bertz CT molecular complexity index is 502. The molecule has 3 N–H and O–H groups in total. The molecule has 1 heterocycles. The fourth-order valence-electron chi connectivity index (χ4n) is 1.72. The Morgan fingerprint density at radius 3 is 2.81 bits per heavy atom. The summed E-state index contributed by atoms with van der Waals surface area (Å²) in [7, 11) is 0. The van der Waals surface area contributed by atoms with Gasteiger partial charge in [-0.05, 0) is 30.7 Å². The van der Waals surface area contributed by atoms with Gasteiger partial charge in [-0.25, -0.2) is 4.98 Å². The van der Waals surface area contributed by atoms with Gasteiger partial charge in [0.05, 0.1) is 11.0 Å². The highest BCUT2D eigenvalue weighted by molar-refractivity contribution is 6.32. The summed E-state index contributed by atoms with van der Waals surface area (Å²) in [6.45, 7) is 4.83. The van der Waals surface area contributed by atoms with Crippen molar-refractivity contribution in [2.45, 2.75) is 26.2 Å². The summed E-state index contributed by atoms with van der Waals surface area (Å²) in [5, 5.41) is 0.750. The van der Waals surface area contributed by atoms with Crippen LogP contribution in [-0.2, 0) is 6.42 Å². The predicted octanol–water partition coefficient (Wildman–Crippen LogP) is 2.84. The number of imidazole rings is 1. The molecular formula is C12H16ClN3. The molecule has 0 amide bonds. The topological polar surface area (TPSA) is 54.7 Å². The Hall–Kier alpha value is -1.06. The van der Waals surface area contributed by atoms with Crippen molar-refractivity contribution < 1.29 is 0 Å². The maximum Gasteiger partial charge on any atom is 0.109 e. The maximum atomic E-state index is 6.16. The Morgan fingerprint density at radius 2 is 2.19 bits per heavy atom. The highest BCUT2D eigenvalue weighted by Crippen LogP contribution is 2.24. The molecule has 0 aliphatic rings. The largest absolute Gasteiger partial charge is 0.342 e. The lowest BCUT2D eigenvalue weighted by molar-refractivity contribution is 0.799. The first-order chi connectivity index (χ1) is 7.61. The third-order valence-corrected chi connectivity index (χ3v) is 2.98. The number of aromatic nitrogens is 2. The minimum atomic E-state index is 0.393. The van der Waals surface area contributed by atoms with Gasteiger partial charge in [0.15, 0.2) is 0 Å².